The third-order valence-corrected chi connectivity index (χ3v) is 7.15. The standard InChI is InChI=1S/C18H18N4O3S3/c1-28(24,25)14-8-4-12(5-9-14)19-16(23)11-27-18-21-20-17(15-3-2-10-26-15)22(18)13-6-7-13/h2-5,8-10,13H,6-7,11H2,1H3,(H,19,23). The molecule has 7 nitrogen and oxygen atoms in total. The molecule has 28 heavy (non-hydrogen) atoms. The van der Waals surface area contributed by atoms with Crippen molar-refractivity contribution in [1.29, 1.82) is 0 Å². The topological polar surface area (TPSA) is 93.9 Å². The zero-order valence-corrected chi connectivity index (χ0v) is 17.5. The Hall–Kier alpha value is -2.17. The normalized spacial score (nSPS) is 14.2. The second-order valence-electron chi connectivity index (χ2n) is 6.52. The first kappa shape index (κ1) is 19.2. The highest BCUT2D eigenvalue weighted by Gasteiger charge is 2.30. The molecule has 3 aromatic rings. The van der Waals surface area contributed by atoms with Crippen LogP contribution in [0, 0.1) is 0 Å². The van der Waals surface area contributed by atoms with Gasteiger partial charge in [-0.05, 0) is 48.6 Å². The Morgan fingerprint density at radius 3 is 2.61 bits per heavy atom. The monoisotopic (exact) mass is 434 g/mol. The van der Waals surface area contributed by atoms with Crippen LogP contribution in [-0.2, 0) is 14.6 Å². The number of hydrogen-bond donors (Lipinski definition) is 1. The fraction of sp³-hybridized carbons (Fsp3) is 0.278. The summed E-state index contributed by atoms with van der Waals surface area (Å²) >= 11 is 2.98. The molecule has 4 rings (SSSR count). The Morgan fingerprint density at radius 2 is 2.00 bits per heavy atom. The minimum absolute atomic E-state index is 0.180. The maximum absolute atomic E-state index is 12.3. The largest absolute Gasteiger partial charge is 0.325 e. The molecule has 0 saturated heterocycles. The Morgan fingerprint density at radius 1 is 1.25 bits per heavy atom. The van der Waals surface area contributed by atoms with E-state index in [1.165, 1.54) is 23.9 Å². The van der Waals surface area contributed by atoms with Crippen LogP contribution in [0.3, 0.4) is 0 Å². The van der Waals surface area contributed by atoms with E-state index in [1.54, 1.807) is 23.5 Å². The van der Waals surface area contributed by atoms with E-state index in [1.807, 2.05) is 17.5 Å². The molecule has 0 atom stereocenters. The summed E-state index contributed by atoms with van der Waals surface area (Å²) in [7, 11) is -3.25. The van der Waals surface area contributed by atoms with Crippen LogP contribution >= 0.6 is 23.1 Å². The Labute approximate surface area is 171 Å². The molecule has 146 valence electrons. The molecule has 0 aliphatic heterocycles. The van der Waals surface area contributed by atoms with E-state index < -0.39 is 9.84 Å². The molecule has 1 aliphatic carbocycles. The first-order chi connectivity index (χ1) is 13.4. The number of carbonyl (C=O) groups excluding carboxylic acids is 1. The molecule has 2 aromatic heterocycles. The summed E-state index contributed by atoms with van der Waals surface area (Å²) in [5.41, 5.74) is 0.556. The highest BCUT2D eigenvalue weighted by molar-refractivity contribution is 7.99. The van der Waals surface area contributed by atoms with Gasteiger partial charge in [-0.3, -0.25) is 9.36 Å². The van der Waals surface area contributed by atoms with Crippen LogP contribution in [-0.4, -0.2) is 41.1 Å². The van der Waals surface area contributed by atoms with Gasteiger partial charge in [-0.1, -0.05) is 17.8 Å². The molecule has 2 heterocycles. The van der Waals surface area contributed by atoms with Crippen molar-refractivity contribution in [2.75, 3.05) is 17.3 Å². The lowest BCUT2D eigenvalue weighted by Crippen LogP contribution is -2.14. The Bertz CT molecular complexity index is 1090. The number of carbonyl (C=O) groups is 1. The number of rotatable bonds is 7. The fourth-order valence-electron chi connectivity index (χ4n) is 2.72. The first-order valence-corrected chi connectivity index (χ1v) is 12.4. The number of nitrogens with one attached hydrogen (secondary N) is 1. The molecule has 1 aromatic carbocycles. The SMILES string of the molecule is CS(=O)(=O)c1ccc(NC(=O)CSc2nnc(-c3cccs3)n2C2CC2)cc1. The maximum atomic E-state index is 12.3. The summed E-state index contributed by atoms with van der Waals surface area (Å²) in [6.45, 7) is 0. The van der Waals surface area contributed by atoms with Gasteiger partial charge in [0, 0.05) is 18.0 Å². The molecule has 1 amide bonds. The number of nitrogens with zero attached hydrogens (tertiary/aromatic N) is 3. The summed E-state index contributed by atoms with van der Waals surface area (Å²) in [5.74, 6) is 0.875. The van der Waals surface area contributed by atoms with Crippen LogP contribution < -0.4 is 5.32 Å². The van der Waals surface area contributed by atoms with Crippen molar-refractivity contribution in [2.45, 2.75) is 28.9 Å². The fourth-order valence-corrected chi connectivity index (χ4v) is 4.87. The van der Waals surface area contributed by atoms with Gasteiger partial charge in [0.25, 0.3) is 0 Å². The number of benzene rings is 1. The van der Waals surface area contributed by atoms with Crippen molar-refractivity contribution in [2.24, 2.45) is 0 Å². The van der Waals surface area contributed by atoms with Gasteiger partial charge < -0.3 is 5.32 Å². The van der Waals surface area contributed by atoms with Crippen LogP contribution in [0.1, 0.15) is 18.9 Å². The first-order valence-electron chi connectivity index (χ1n) is 8.63. The molecule has 0 radical (unpaired) electrons. The van der Waals surface area contributed by atoms with Crippen molar-refractivity contribution in [3.63, 3.8) is 0 Å². The van der Waals surface area contributed by atoms with Gasteiger partial charge in [0.1, 0.15) is 0 Å². The number of sulfone groups is 1. The third kappa shape index (κ3) is 4.29. The van der Waals surface area contributed by atoms with E-state index in [9.17, 15) is 13.2 Å². The quantitative estimate of drug-likeness (QED) is 0.572. The van der Waals surface area contributed by atoms with E-state index in [-0.39, 0.29) is 16.6 Å². The van der Waals surface area contributed by atoms with Gasteiger partial charge in [0.2, 0.25) is 5.91 Å². The van der Waals surface area contributed by atoms with Gasteiger partial charge in [-0.25, -0.2) is 8.42 Å². The summed E-state index contributed by atoms with van der Waals surface area (Å²) in [5, 5.41) is 14.1. The molecule has 1 fully saturated rings. The van der Waals surface area contributed by atoms with E-state index in [0.717, 1.165) is 35.0 Å². The highest BCUT2D eigenvalue weighted by Crippen LogP contribution is 2.41. The predicted molar refractivity (Wildman–Crippen MR) is 111 cm³/mol. The van der Waals surface area contributed by atoms with Gasteiger partial charge in [-0.15, -0.1) is 21.5 Å². The molecule has 1 aliphatic rings. The van der Waals surface area contributed by atoms with E-state index in [0.29, 0.717) is 11.7 Å². The van der Waals surface area contributed by atoms with Crippen LogP contribution in [0.15, 0.2) is 51.8 Å². The molecular formula is C18H18N4O3S3. The van der Waals surface area contributed by atoms with Crippen molar-refractivity contribution >= 4 is 44.5 Å². The van der Waals surface area contributed by atoms with Gasteiger partial charge in [0.15, 0.2) is 20.8 Å². The summed E-state index contributed by atoms with van der Waals surface area (Å²) in [6, 6.07) is 10.5. The average molecular weight is 435 g/mol. The van der Waals surface area contributed by atoms with Crippen molar-refractivity contribution in [3.05, 3.63) is 41.8 Å². The zero-order chi connectivity index (χ0) is 19.7. The van der Waals surface area contributed by atoms with E-state index in [4.69, 9.17) is 0 Å². The molecule has 1 saturated carbocycles. The number of hydrogen-bond acceptors (Lipinski definition) is 7. The second kappa shape index (κ2) is 7.69. The number of thioether (sulfide) groups is 1. The number of amides is 1. The summed E-state index contributed by atoms with van der Waals surface area (Å²) in [4.78, 5) is 13.6. The third-order valence-electron chi connectivity index (χ3n) is 4.22. The molecule has 0 bridgehead atoms. The van der Waals surface area contributed by atoms with E-state index >= 15 is 0 Å². The van der Waals surface area contributed by atoms with Crippen LogP contribution in [0.4, 0.5) is 5.69 Å². The number of anilines is 1. The highest BCUT2D eigenvalue weighted by atomic mass is 32.2. The molecule has 10 heteroatoms. The lowest BCUT2D eigenvalue weighted by Gasteiger charge is -2.08. The Kier molecular flexibility index (Phi) is 5.26. The second-order valence-corrected chi connectivity index (χ2v) is 10.4. The van der Waals surface area contributed by atoms with Crippen LogP contribution in [0.25, 0.3) is 10.7 Å². The van der Waals surface area contributed by atoms with Crippen molar-refractivity contribution < 1.29 is 13.2 Å². The molecular weight excluding hydrogens is 416 g/mol. The van der Waals surface area contributed by atoms with Crippen LogP contribution in [0.5, 0.6) is 0 Å². The number of thiophene rings is 1. The lowest BCUT2D eigenvalue weighted by molar-refractivity contribution is -0.113. The minimum Gasteiger partial charge on any atom is -0.325 e. The van der Waals surface area contributed by atoms with Crippen molar-refractivity contribution in [1.82, 2.24) is 14.8 Å². The predicted octanol–water partition coefficient (Wildman–Crippen LogP) is 3.48. The summed E-state index contributed by atoms with van der Waals surface area (Å²) < 4.78 is 25.1. The lowest BCUT2D eigenvalue weighted by atomic mass is 10.3. The Balaban J connectivity index is 1.41. The van der Waals surface area contributed by atoms with Gasteiger partial charge in [0.05, 0.1) is 15.5 Å². The molecule has 0 unspecified atom stereocenters. The van der Waals surface area contributed by atoms with Crippen molar-refractivity contribution in [3.8, 4) is 10.7 Å². The molecule has 0 spiro atoms. The van der Waals surface area contributed by atoms with Crippen LogP contribution in [0.2, 0.25) is 0 Å². The zero-order valence-electron chi connectivity index (χ0n) is 15.0. The maximum Gasteiger partial charge on any atom is 0.234 e. The smallest absolute Gasteiger partial charge is 0.234 e. The summed E-state index contributed by atoms with van der Waals surface area (Å²) in [6.07, 6.45) is 3.35. The molecule has 1 N–H and O–H groups in total. The minimum atomic E-state index is -3.25. The number of aromatic nitrogens is 3. The average Bonchev–Trinajstić information content (AvgIpc) is 3.17. The van der Waals surface area contributed by atoms with Gasteiger partial charge in [-0.2, -0.15) is 0 Å². The van der Waals surface area contributed by atoms with E-state index in [2.05, 4.69) is 20.1 Å². The van der Waals surface area contributed by atoms with Gasteiger partial charge >= 0.3 is 0 Å².